The fraction of sp³-hybridized carbons (Fsp3) is 0.526. The van der Waals surface area contributed by atoms with Crippen molar-refractivity contribution in [2.24, 2.45) is 11.8 Å². The van der Waals surface area contributed by atoms with Crippen molar-refractivity contribution in [3.8, 4) is 5.75 Å². The first-order valence-corrected chi connectivity index (χ1v) is 8.88. The average molecular weight is 361 g/mol. The third-order valence-corrected chi connectivity index (χ3v) is 3.98. The topological polar surface area (TPSA) is 87.7 Å². The molecule has 0 unspecified atom stereocenters. The maximum absolute atomic E-state index is 12.3. The third-order valence-electron chi connectivity index (χ3n) is 3.98. The van der Waals surface area contributed by atoms with Crippen molar-refractivity contribution < 1.29 is 19.1 Å². The van der Waals surface area contributed by atoms with E-state index >= 15 is 0 Å². The molecule has 2 rings (SSSR count). The fourth-order valence-corrected chi connectivity index (χ4v) is 2.55. The molecule has 0 aromatic heterocycles. The lowest BCUT2D eigenvalue weighted by molar-refractivity contribution is -0.137. The molecule has 1 saturated carbocycles. The summed E-state index contributed by atoms with van der Waals surface area (Å²) in [6.45, 7) is 4.41. The van der Waals surface area contributed by atoms with Gasteiger partial charge < -0.3 is 20.3 Å². The molecule has 7 nitrogen and oxygen atoms in total. The molecule has 0 heterocycles. The second kappa shape index (κ2) is 9.22. The summed E-state index contributed by atoms with van der Waals surface area (Å²) in [6.07, 6.45) is 1.80. The Labute approximate surface area is 154 Å². The van der Waals surface area contributed by atoms with E-state index in [-0.39, 0.29) is 42.6 Å². The van der Waals surface area contributed by atoms with E-state index in [2.05, 4.69) is 10.6 Å². The summed E-state index contributed by atoms with van der Waals surface area (Å²) in [4.78, 5) is 37.9. The van der Waals surface area contributed by atoms with E-state index < -0.39 is 0 Å². The first-order chi connectivity index (χ1) is 12.4. The molecule has 0 radical (unpaired) electrons. The summed E-state index contributed by atoms with van der Waals surface area (Å²) in [6, 6.07) is 6.91. The number of amides is 3. The Hall–Kier alpha value is -2.57. The SMILES string of the molecule is COc1ccc(NC(=O)CNC(=O)CN(CC(C)C)C(=O)C2CC2)cc1. The van der Waals surface area contributed by atoms with Gasteiger partial charge in [0.15, 0.2) is 0 Å². The van der Waals surface area contributed by atoms with Gasteiger partial charge in [0, 0.05) is 18.2 Å². The number of carbonyl (C=O) groups is 3. The smallest absolute Gasteiger partial charge is 0.243 e. The molecule has 1 aromatic rings. The number of hydrogen-bond acceptors (Lipinski definition) is 4. The second-order valence-electron chi connectivity index (χ2n) is 6.94. The van der Waals surface area contributed by atoms with E-state index in [1.807, 2.05) is 13.8 Å². The van der Waals surface area contributed by atoms with Crippen molar-refractivity contribution in [2.45, 2.75) is 26.7 Å². The molecule has 1 aliphatic carbocycles. The molecule has 3 amide bonds. The molecule has 0 aliphatic heterocycles. The number of ether oxygens (including phenoxy) is 1. The maximum atomic E-state index is 12.3. The van der Waals surface area contributed by atoms with Crippen LogP contribution in [0.5, 0.6) is 5.75 Å². The number of nitrogens with one attached hydrogen (secondary N) is 2. The minimum Gasteiger partial charge on any atom is -0.497 e. The Kier molecular flexibility index (Phi) is 7.00. The van der Waals surface area contributed by atoms with Crippen LogP contribution in [0.15, 0.2) is 24.3 Å². The minimum atomic E-state index is -0.329. The molecule has 1 aromatic carbocycles. The van der Waals surface area contributed by atoms with E-state index in [4.69, 9.17) is 4.74 Å². The summed E-state index contributed by atoms with van der Waals surface area (Å²) in [5.74, 6) is 0.430. The Morgan fingerprint density at radius 3 is 2.35 bits per heavy atom. The van der Waals surface area contributed by atoms with Gasteiger partial charge in [0.25, 0.3) is 0 Å². The van der Waals surface area contributed by atoms with Crippen LogP contribution in [0.4, 0.5) is 5.69 Å². The number of nitrogens with zero attached hydrogens (tertiary/aromatic N) is 1. The standard InChI is InChI=1S/C19H27N3O4/c1-13(2)11-22(19(25)14-4-5-14)12-18(24)20-10-17(23)21-15-6-8-16(26-3)9-7-15/h6-9,13-14H,4-5,10-12H2,1-3H3,(H,20,24)(H,21,23). The van der Waals surface area contributed by atoms with Gasteiger partial charge in [-0.05, 0) is 43.0 Å². The van der Waals surface area contributed by atoms with E-state index in [0.29, 0.717) is 18.0 Å². The van der Waals surface area contributed by atoms with E-state index in [1.165, 1.54) is 0 Å². The van der Waals surface area contributed by atoms with Crippen LogP contribution < -0.4 is 15.4 Å². The molecule has 1 aliphatic rings. The molecule has 0 bridgehead atoms. The predicted octanol–water partition coefficient (Wildman–Crippen LogP) is 1.64. The van der Waals surface area contributed by atoms with Crippen LogP contribution in [0, 0.1) is 11.8 Å². The van der Waals surface area contributed by atoms with Crippen molar-refractivity contribution in [1.29, 1.82) is 0 Å². The van der Waals surface area contributed by atoms with Crippen molar-refractivity contribution in [2.75, 3.05) is 32.1 Å². The van der Waals surface area contributed by atoms with E-state index in [9.17, 15) is 14.4 Å². The minimum absolute atomic E-state index is 0.0106. The number of rotatable bonds is 9. The van der Waals surface area contributed by atoms with Crippen molar-refractivity contribution in [3.63, 3.8) is 0 Å². The number of carbonyl (C=O) groups excluding carboxylic acids is 3. The zero-order chi connectivity index (χ0) is 19.1. The second-order valence-corrected chi connectivity index (χ2v) is 6.94. The van der Waals surface area contributed by atoms with Crippen LogP contribution in [0.25, 0.3) is 0 Å². The number of methoxy groups -OCH3 is 1. The van der Waals surface area contributed by atoms with Crippen LogP contribution >= 0.6 is 0 Å². The molecular weight excluding hydrogens is 334 g/mol. The molecule has 0 saturated heterocycles. The lowest BCUT2D eigenvalue weighted by Gasteiger charge is -2.24. The summed E-state index contributed by atoms with van der Waals surface area (Å²) in [5, 5.41) is 5.27. The maximum Gasteiger partial charge on any atom is 0.243 e. The quantitative estimate of drug-likeness (QED) is 0.700. The van der Waals surface area contributed by atoms with Gasteiger partial charge in [-0.1, -0.05) is 13.8 Å². The van der Waals surface area contributed by atoms with Gasteiger partial charge in [-0.2, -0.15) is 0 Å². The Balaban J connectivity index is 1.78. The largest absolute Gasteiger partial charge is 0.497 e. The van der Waals surface area contributed by atoms with Gasteiger partial charge in [0.2, 0.25) is 17.7 Å². The highest BCUT2D eigenvalue weighted by atomic mass is 16.5. The number of anilines is 1. The molecule has 0 atom stereocenters. The van der Waals surface area contributed by atoms with Gasteiger partial charge in [-0.3, -0.25) is 14.4 Å². The van der Waals surface area contributed by atoms with Crippen molar-refractivity contribution >= 4 is 23.4 Å². The van der Waals surface area contributed by atoms with Gasteiger partial charge in [0.1, 0.15) is 5.75 Å². The predicted molar refractivity (Wildman–Crippen MR) is 98.8 cm³/mol. The first kappa shape index (κ1) is 19.8. The van der Waals surface area contributed by atoms with Crippen molar-refractivity contribution in [3.05, 3.63) is 24.3 Å². The van der Waals surface area contributed by atoms with Gasteiger partial charge in [-0.15, -0.1) is 0 Å². The van der Waals surface area contributed by atoms with E-state index in [0.717, 1.165) is 12.8 Å². The van der Waals surface area contributed by atoms with Gasteiger partial charge in [0.05, 0.1) is 20.2 Å². The van der Waals surface area contributed by atoms with Crippen LogP contribution in [0.1, 0.15) is 26.7 Å². The number of hydrogen-bond donors (Lipinski definition) is 2. The lowest BCUT2D eigenvalue weighted by atomic mass is 10.2. The Bertz CT molecular complexity index is 639. The highest BCUT2D eigenvalue weighted by Crippen LogP contribution is 2.31. The summed E-state index contributed by atoms with van der Waals surface area (Å²) in [7, 11) is 1.57. The molecule has 0 spiro atoms. The normalized spacial score (nSPS) is 13.2. The average Bonchev–Trinajstić information content (AvgIpc) is 3.44. The summed E-state index contributed by atoms with van der Waals surface area (Å²) < 4.78 is 5.06. The van der Waals surface area contributed by atoms with Crippen LogP contribution in [0.2, 0.25) is 0 Å². The fourth-order valence-electron chi connectivity index (χ4n) is 2.55. The summed E-state index contributed by atoms with van der Waals surface area (Å²) >= 11 is 0. The number of benzene rings is 1. The Morgan fingerprint density at radius 2 is 1.81 bits per heavy atom. The molecular formula is C19H27N3O4. The van der Waals surface area contributed by atoms with Crippen LogP contribution in [0.3, 0.4) is 0 Å². The molecule has 2 N–H and O–H groups in total. The lowest BCUT2D eigenvalue weighted by Crippen LogP contribution is -2.44. The molecule has 7 heteroatoms. The zero-order valence-electron chi connectivity index (χ0n) is 15.6. The zero-order valence-corrected chi connectivity index (χ0v) is 15.6. The van der Waals surface area contributed by atoms with Gasteiger partial charge >= 0.3 is 0 Å². The van der Waals surface area contributed by atoms with Crippen LogP contribution in [-0.4, -0.2) is 49.4 Å². The third kappa shape index (κ3) is 6.38. The van der Waals surface area contributed by atoms with Crippen LogP contribution in [-0.2, 0) is 14.4 Å². The highest BCUT2D eigenvalue weighted by molar-refractivity contribution is 5.95. The highest BCUT2D eigenvalue weighted by Gasteiger charge is 2.34. The first-order valence-electron chi connectivity index (χ1n) is 8.88. The summed E-state index contributed by atoms with van der Waals surface area (Å²) in [5.41, 5.74) is 0.621. The molecule has 142 valence electrons. The monoisotopic (exact) mass is 361 g/mol. The molecule has 1 fully saturated rings. The van der Waals surface area contributed by atoms with Gasteiger partial charge in [-0.25, -0.2) is 0 Å². The van der Waals surface area contributed by atoms with Crippen molar-refractivity contribution in [1.82, 2.24) is 10.2 Å². The Morgan fingerprint density at radius 1 is 1.15 bits per heavy atom. The molecule has 26 heavy (non-hydrogen) atoms. The van der Waals surface area contributed by atoms with E-state index in [1.54, 1.807) is 36.3 Å².